The molecular formula is C25H31N7O3. The van der Waals surface area contributed by atoms with Crippen molar-refractivity contribution in [1.29, 1.82) is 0 Å². The van der Waals surface area contributed by atoms with Gasteiger partial charge < -0.3 is 20.9 Å². The van der Waals surface area contributed by atoms with Gasteiger partial charge in [0.15, 0.2) is 5.65 Å². The Kier molecular flexibility index (Phi) is 7.69. The summed E-state index contributed by atoms with van der Waals surface area (Å²) in [6, 6.07) is 4.76. The number of aromatic amines is 1. The molecule has 1 saturated carbocycles. The highest BCUT2D eigenvalue weighted by Crippen LogP contribution is 2.39. The molecule has 3 amide bonds. The second kappa shape index (κ2) is 11.1. The van der Waals surface area contributed by atoms with Gasteiger partial charge in [0.25, 0.3) is 5.91 Å². The fourth-order valence-electron chi connectivity index (χ4n) is 3.80. The van der Waals surface area contributed by atoms with Crippen molar-refractivity contribution in [2.45, 2.75) is 58.0 Å². The second-order valence-electron chi connectivity index (χ2n) is 9.26. The lowest BCUT2D eigenvalue weighted by Gasteiger charge is -2.20. The van der Waals surface area contributed by atoms with Crippen molar-refractivity contribution in [3.8, 4) is 0 Å². The molecule has 1 atom stereocenters. The molecule has 1 aliphatic carbocycles. The minimum absolute atomic E-state index is 0.128. The number of carbonyl (C=O) groups is 3. The van der Waals surface area contributed by atoms with Gasteiger partial charge in [-0.3, -0.25) is 19.4 Å². The molecule has 0 aliphatic heterocycles. The van der Waals surface area contributed by atoms with E-state index >= 15 is 0 Å². The Morgan fingerprint density at radius 3 is 2.69 bits per heavy atom. The summed E-state index contributed by atoms with van der Waals surface area (Å²) in [4.78, 5) is 54.2. The standard InChI is InChI=1S/C25H31N7O3/c1-15(2)11-19(25(35)27-10-8-21(33)28-12-17-5-3-4-9-26-17)32-24(34)18-13-29-23-22(18)31-20(14-30-23)16-6-7-16/h3-5,9,13-16,19H,6-8,10-12H2,1-2H3,(H,27,35)(H,28,33)(H,29,30)(H,32,34). The zero-order valence-electron chi connectivity index (χ0n) is 20.0. The number of aromatic nitrogens is 4. The topological polar surface area (TPSA) is 142 Å². The predicted molar refractivity (Wildman–Crippen MR) is 130 cm³/mol. The first kappa shape index (κ1) is 24.3. The molecule has 1 fully saturated rings. The molecular weight excluding hydrogens is 446 g/mol. The molecule has 3 heterocycles. The number of hydrogen-bond donors (Lipinski definition) is 4. The quantitative estimate of drug-likeness (QED) is 0.334. The lowest BCUT2D eigenvalue weighted by Crippen LogP contribution is -2.48. The number of pyridine rings is 1. The van der Waals surface area contributed by atoms with Gasteiger partial charge in [-0.2, -0.15) is 0 Å². The van der Waals surface area contributed by atoms with Crippen LogP contribution in [-0.2, 0) is 16.1 Å². The Morgan fingerprint density at radius 1 is 1.14 bits per heavy atom. The number of fused-ring (bicyclic) bond motifs is 1. The summed E-state index contributed by atoms with van der Waals surface area (Å²) in [5, 5.41) is 8.40. The maximum atomic E-state index is 13.1. The molecule has 3 aromatic rings. The van der Waals surface area contributed by atoms with Crippen LogP contribution in [0.2, 0.25) is 0 Å². The third-order valence-corrected chi connectivity index (χ3v) is 5.81. The maximum absolute atomic E-state index is 13.1. The first-order valence-electron chi connectivity index (χ1n) is 12.0. The van der Waals surface area contributed by atoms with E-state index in [1.54, 1.807) is 18.6 Å². The van der Waals surface area contributed by atoms with Gasteiger partial charge >= 0.3 is 0 Å². The fourth-order valence-corrected chi connectivity index (χ4v) is 3.80. The first-order chi connectivity index (χ1) is 16.9. The number of H-pyrrole nitrogens is 1. The summed E-state index contributed by atoms with van der Waals surface area (Å²) < 4.78 is 0. The van der Waals surface area contributed by atoms with E-state index in [0.717, 1.165) is 24.2 Å². The average Bonchev–Trinajstić information content (AvgIpc) is 3.61. The summed E-state index contributed by atoms with van der Waals surface area (Å²) in [7, 11) is 0. The molecule has 0 bridgehead atoms. The number of carbonyl (C=O) groups excluding carboxylic acids is 3. The highest BCUT2D eigenvalue weighted by molar-refractivity contribution is 6.05. The van der Waals surface area contributed by atoms with Gasteiger partial charge in [-0.1, -0.05) is 19.9 Å². The van der Waals surface area contributed by atoms with Crippen molar-refractivity contribution in [3.05, 3.63) is 53.7 Å². The van der Waals surface area contributed by atoms with Gasteiger partial charge in [-0.25, -0.2) is 9.97 Å². The van der Waals surface area contributed by atoms with E-state index in [9.17, 15) is 14.4 Å². The molecule has 4 rings (SSSR count). The van der Waals surface area contributed by atoms with Crippen LogP contribution in [0.1, 0.15) is 67.2 Å². The lowest BCUT2D eigenvalue weighted by atomic mass is 10.0. The van der Waals surface area contributed by atoms with Gasteiger partial charge in [0, 0.05) is 31.3 Å². The van der Waals surface area contributed by atoms with Crippen molar-refractivity contribution in [2.75, 3.05) is 6.54 Å². The molecule has 0 saturated heterocycles. The summed E-state index contributed by atoms with van der Waals surface area (Å²) in [5.74, 6) is -0.305. The van der Waals surface area contributed by atoms with Gasteiger partial charge in [0.1, 0.15) is 11.6 Å². The highest BCUT2D eigenvalue weighted by Gasteiger charge is 2.28. The zero-order chi connectivity index (χ0) is 24.8. The van der Waals surface area contributed by atoms with Crippen molar-refractivity contribution in [2.24, 2.45) is 5.92 Å². The number of amides is 3. The Hall–Kier alpha value is -3.82. The molecule has 184 valence electrons. The van der Waals surface area contributed by atoms with Crippen LogP contribution in [0.4, 0.5) is 0 Å². The SMILES string of the molecule is CC(C)CC(NC(=O)c1c[nH]c2ncc(C3CC3)nc12)C(=O)NCCC(=O)NCc1ccccn1. The van der Waals surface area contributed by atoms with E-state index in [0.29, 0.717) is 35.6 Å². The Bertz CT molecular complexity index is 1190. The van der Waals surface area contributed by atoms with E-state index in [2.05, 4.69) is 35.9 Å². The van der Waals surface area contributed by atoms with Crippen LogP contribution >= 0.6 is 0 Å². The minimum Gasteiger partial charge on any atom is -0.354 e. The number of nitrogens with one attached hydrogen (secondary N) is 4. The normalized spacial score (nSPS) is 14.0. The second-order valence-corrected chi connectivity index (χ2v) is 9.26. The van der Waals surface area contributed by atoms with Crippen LogP contribution in [-0.4, -0.2) is 50.2 Å². The van der Waals surface area contributed by atoms with Crippen molar-refractivity contribution < 1.29 is 14.4 Å². The van der Waals surface area contributed by atoms with Gasteiger partial charge in [-0.05, 0) is 37.3 Å². The van der Waals surface area contributed by atoms with Crippen LogP contribution in [0.3, 0.4) is 0 Å². The van der Waals surface area contributed by atoms with Gasteiger partial charge in [0.2, 0.25) is 11.8 Å². The summed E-state index contributed by atoms with van der Waals surface area (Å²) in [5.41, 5.74) is 3.08. The molecule has 0 radical (unpaired) electrons. The molecule has 1 unspecified atom stereocenters. The van der Waals surface area contributed by atoms with Gasteiger partial charge in [0.05, 0.1) is 29.7 Å². The summed E-state index contributed by atoms with van der Waals surface area (Å²) >= 11 is 0. The van der Waals surface area contributed by atoms with Crippen LogP contribution in [0.25, 0.3) is 11.2 Å². The van der Waals surface area contributed by atoms with Crippen LogP contribution in [0, 0.1) is 5.92 Å². The summed E-state index contributed by atoms with van der Waals surface area (Å²) in [6.07, 6.45) is 7.76. The number of rotatable bonds is 11. The molecule has 0 aromatic carbocycles. The number of nitrogens with zero attached hydrogens (tertiary/aromatic N) is 3. The third-order valence-electron chi connectivity index (χ3n) is 5.81. The Morgan fingerprint density at radius 2 is 1.97 bits per heavy atom. The predicted octanol–water partition coefficient (Wildman–Crippen LogP) is 2.20. The molecule has 35 heavy (non-hydrogen) atoms. The van der Waals surface area contributed by atoms with Crippen molar-refractivity contribution in [3.63, 3.8) is 0 Å². The zero-order valence-corrected chi connectivity index (χ0v) is 20.0. The molecule has 1 aliphatic rings. The maximum Gasteiger partial charge on any atom is 0.255 e. The molecule has 10 nitrogen and oxygen atoms in total. The average molecular weight is 478 g/mol. The Balaban J connectivity index is 1.32. The highest BCUT2D eigenvalue weighted by atomic mass is 16.2. The lowest BCUT2D eigenvalue weighted by molar-refractivity contribution is -0.124. The monoisotopic (exact) mass is 477 g/mol. The van der Waals surface area contributed by atoms with E-state index in [4.69, 9.17) is 0 Å². The molecule has 4 N–H and O–H groups in total. The van der Waals surface area contributed by atoms with Crippen LogP contribution in [0.5, 0.6) is 0 Å². The third kappa shape index (κ3) is 6.62. The van der Waals surface area contributed by atoms with E-state index in [-0.39, 0.29) is 36.6 Å². The van der Waals surface area contributed by atoms with Crippen LogP contribution < -0.4 is 16.0 Å². The first-order valence-corrected chi connectivity index (χ1v) is 12.0. The fraction of sp³-hybridized carbons (Fsp3) is 0.440. The summed E-state index contributed by atoms with van der Waals surface area (Å²) in [6.45, 7) is 4.46. The smallest absolute Gasteiger partial charge is 0.255 e. The molecule has 3 aromatic heterocycles. The Labute approximate surface area is 203 Å². The van der Waals surface area contributed by atoms with E-state index < -0.39 is 6.04 Å². The van der Waals surface area contributed by atoms with Gasteiger partial charge in [-0.15, -0.1) is 0 Å². The van der Waals surface area contributed by atoms with E-state index in [1.807, 2.05) is 32.0 Å². The largest absolute Gasteiger partial charge is 0.354 e. The minimum atomic E-state index is -0.733. The molecule has 0 spiro atoms. The number of hydrogen-bond acceptors (Lipinski definition) is 6. The van der Waals surface area contributed by atoms with Crippen molar-refractivity contribution in [1.82, 2.24) is 35.9 Å². The van der Waals surface area contributed by atoms with Crippen molar-refractivity contribution >= 4 is 28.9 Å². The van der Waals surface area contributed by atoms with Crippen LogP contribution in [0.15, 0.2) is 36.8 Å². The molecule has 10 heteroatoms. The van der Waals surface area contributed by atoms with E-state index in [1.165, 1.54) is 0 Å².